The first-order valence-electron chi connectivity index (χ1n) is 4.96. The maximum atomic E-state index is 9.96. The van der Waals surface area contributed by atoms with Crippen LogP contribution >= 0.6 is 0 Å². The van der Waals surface area contributed by atoms with Gasteiger partial charge in [0.1, 0.15) is 6.10 Å². The molecule has 0 N–H and O–H groups in total. The molecule has 2 atom stereocenters. The van der Waals surface area contributed by atoms with Crippen LogP contribution in [0.3, 0.4) is 0 Å². The Morgan fingerprint density at radius 3 is 3.13 bits per heavy atom. The molecular formula is C10H13N3O2. The number of nitriles is 1. The first-order valence-corrected chi connectivity index (χ1v) is 4.96. The van der Waals surface area contributed by atoms with Crippen molar-refractivity contribution in [3.8, 4) is 6.19 Å². The molecule has 5 nitrogen and oxygen atoms in total. The van der Waals surface area contributed by atoms with Crippen LogP contribution in [0, 0.1) is 17.4 Å². The van der Waals surface area contributed by atoms with E-state index in [-0.39, 0.29) is 6.10 Å². The minimum Gasteiger partial charge on any atom is -0.479 e. The molecule has 1 aliphatic carbocycles. The molecule has 5 heteroatoms. The first kappa shape index (κ1) is 11.4. The van der Waals surface area contributed by atoms with Crippen molar-refractivity contribution in [1.29, 1.82) is 5.26 Å². The smallest absolute Gasteiger partial charge is 0.234 e. The lowest BCUT2D eigenvalue weighted by Crippen LogP contribution is -2.24. The monoisotopic (exact) mass is 207 g/mol. The topological polar surface area (TPSA) is 74.8 Å². The fraction of sp³-hybridized carbons (Fsp3) is 0.700. The van der Waals surface area contributed by atoms with E-state index < -0.39 is 0 Å². The van der Waals surface area contributed by atoms with E-state index in [1.807, 2.05) is 0 Å². The summed E-state index contributed by atoms with van der Waals surface area (Å²) in [4.78, 5) is 16.9. The van der Waals surface area contributed by atoms with Gasteiger partial charge in [-0.1, -0.05) is 0 Å². The van der Waals surface area contributed by atoms with Gasteiger partial charge in [-0.15, -0.1) is 4.99 Å². The highest BCUT2D eigenvalue weighted by Gasteiger charge is 2.22. The molecule has 0 saturated heterocycles. The molecule has 1 saturated carbocycles. The lowest BCUT2D eigenvalue weighted by molar-refractivity contribution is 0.123. The Labute approximate surface area is 88.5 Å². The Morgan fingerprint density at radius 2 is 2.40 bits per heavy atom. The Balaban J connectivity index is 2.32. The maximum absolute atomic E-state index is 9.96. The van der Waals surface area contributed by atoms with Crippen molar-refractivity contribution in [3.63, 3.8) is 0 Å². The van der Waals surface area contributed by atoms with Gasteiger partial charge >= 0.3 is 0 Å². The molecule has 80 valence electrons. The van der Waals surface area contributed by atoms with E-state index in [0.717, 1.165) is 25.7 Å². The quantitative estimate of drug-likeness (QED) is 0.302. The van der Waals surface area contributed by atoms with Crippen molar-refractivity contribution in [1.82, 2.24) is 0 Å². The molecule has 0 aromatic heterocycles. The van der Waals surface area contributed by atoms with Gasteiger partial charge in [-0.3, -0.25) is 0 Å². The van der Waals surface area contributed by atoms with Crippen LogP contribution in [-0.4, -0.2) is 25.1 Å². The zero-order valence-corrected chi connectivity index (χ0v) is 8.43. The molecule has 0 aromatic rings. The van der Waals surface area contributed by atoms with Crippen molar-refractivity contribution in [2.75, 3.05) is 6.54 Å². The third-order valence-electron chi connectivity index (χ3n) is 2.51. The highest BCUT2D eigenvalue weighted by molar-refractivity contribution is 5.48. The largest absolute Gasteiger partial charge is 0.479 e. The number of ether oxygens (including phenoxy) is 1. The van der Waals surface area contributed by atoms with Gasteiger partial charge in [0.05, 0.1) is 6.54 Å². The van der Waals surface area contributed by atoms with E-state index in [0.29, 0.717) is 12.5 Å². The maximum Gasteiger partial charge on any atom is 0.234 e. The third-order valence-corrected chi connectivity index (χ3v) is 2.51. The summed E-state index contributed by atoms with van der Waals surface area (Å²) in [7, 11) is 0. The van der Waals surface area contributed by atoms with Gasteiger partial charge in [0.25, 0.3) is 0 Å². The lowest BCUT2D eigenvalue weighted by atomic mass is 9.87. The van der Waals surface area contributed by atoms with E-state index in [9.17, 15) is 4.79 Å². The summed E-state index contributed by atoms with van der Waals surface area (Å²) in [6.07, 6.45) is 8.43. The number of carbonyl (C=O) groups excluding carboxylic acids is 1. The second-order valence-corrected chi connectivity index (χ2v) is 3.56. The first-order chi connectivity index (χ1) is 7.36. The summed E-state index contributed by atoms with van der Waals surface area (Å²) >= 11 is 0. The van der Waals surface area contributed by atoms with Gasteiger partial charge in [-0.2, -0.15) is 5.26 Å². The van der Waals surface area contributed by atoms with Crippen LogP contribution in [-0.2, 0) is 9.53 Å². The molecule has 0 amide bonds. The number of aliphatic imine (C=N–C) groups is 2. The average Bonchev–Trinajstić information content (AvgIpc) is 2.27. The molecule has 0 aromatic carbocycles. The molecule has 0 radical (unpaired) electrons. The van der Waals surface area contributed by atoms with Crippen molar-refractivity contribution in [2.24, 2.45) is 15.9 Å². The highest BCUT2D eigenvalue weighted by atomic mass is 16.5. The molecule has 0 bridgehead atoms. The van der Waals surface area contributed by atoms with E-state index >= 15 is 0 Å². The van der Waals surface area contributed by atoms with E-state index in [1.165, 1.54) is 6.40 Å². The predicted molar refractivity (Wildman–Crippen MR) is 53.9 cm³/mol. The molecule has 1 fully saturated rings. The van der Waals surface area contributed by atoms with Crippen LogP contribution in [0.4, 0.5) is 0 Å². The second-order valence-electron chi connectivity index (χ2n) is 3.56. The van der Waals surface area contributed by atoms with Crippen LogP contribution in [0.5, 0.6) is 0 Å². The third kappa shape index (κ3) is 4.39. The molecular weight excluding hydrogens is 194 g/mol. The van der Waals surface area contributed by atoms with Crippen molar-refractivity contribution in [3.05, 3.63) is 0 Å². The van der Waals surface area contributed by atoms with Gasteiger partial charge in [0, 0.05) is 0 Å². The minimum absolute atomic E-state index is 0.0997. The highest BCUT2D eigenvalue weighted by Crippen LogP contribution is 2.26. The Hall–Kier alpha value is -1.66. The Kier molecular flexibility index (Phi) is 5.13. The average molecular weight is 207 g/mol. The van der Waals surface area contributed by atoms with Gasteiger partial charge < -0.3 is 4.74 Å². The van der Waals surface area contributed by atoms with E-state index in [1.54, 1.807) is 12.3 Å². The van der Waals surface area contributed by atoms with Gasteiger partial charge in [-0.25, -0.2) is 9.79 Å². The number of hydrogen-bond acceptors (Lipinski definition) is 5. The Bertz CT molecular complexity index is 302. The van der Waals surface area contributed by atoms with Crippen LogP contribution in [0.2, 0.25) is 0 Å². The number of hydrogen-bond donors (Lipinski definition) is 0. The normalized spacial score (nSPS) is 25.5. The Morgan fingerprint density at radius 1 is 1.53 bits per heavy atom. The van der Waals surface area contributed by atoms with Crippen molar-refractivity contribution >= 4 is 12.5 Å². The fourth-order valence-electron chi connectivity index (χ4n) is 1.84. The van der Waals surface area contributed by atoms with Crippen molar-refractivity contribution in [2.45, 2.75) is 31.8 Å². The van der Waals surface area contributed by atoms with Gasteiger partial charge in [0.15, 0.2) is 6.40 Å². The molecule has 1 rings (SSSR count). The summed E-state index contributed by atoms with van der Waals surface area (Å²) in [5.74, 6) is 0.390. The van der Waals surface area contributed by atoms with Crippen LogP contribution in [0.25, 0.3) is 0 Å². The molecule has 1 aliphatic rings. The summed E-state index contributed by atoms with van der Waals surface area (Å²) in [5.41, 5.74) is 0. The lowest BCUT2D eigenvalue weighted by Gasteiger charge is -2.26. The SMILES string of the molecule is N#CN=CO[C@H]1CCC[C@@H](CN=C=O)C1. The molecule has 0 unspecified atom stereocenters. The molecule has 0 spiro atoms. The molecule has 0 heterocycles. The summed E-state index contributed by atoms with van der Waals surface area (Å²) < 4.78 is 5.28. The van der Waals surface area contributed by atoms with Gasteiger partial charge in [0.2, 0.25) is 12.3 Å². The van der Waals surface area contributed by atoms with Crippen LogP contribution in [0.1, 0.15) is 25.7 Å². The number of rotatable bonds is 4. The van der Waals surface area contributed by atoms with Crippen LogP contribution < -0.4 is 0 Å². The number of nitrogens with zero attached hydrogens (tertiary/aromatic N) is 3. The van der Waals surface area contributed by atoms with E-state index in [2.05, 4.69) is 9.98 Å². The second kappa shape index (κ2) is 6.74. The molecule has 15 heavy (non-hydrogen) atoms. The van der Waals surface area contributed by atoms with Crippen LogP contribution in [0.15, 0.2) is 9.98 Å². The molecule has 0 aliphatic heterocycles. The van der Waals surface area contributed by atoms with Gasteiger partial charge in [-0.05, 0) is 31.6 Å². The zero-order valence-electron chi connectivity index (χ0n) is 8.43. The predicted octanol–water partition coefficient (Wildman–Crippen LogP) is 1.41. The van der Waals surface area contributed by atoms with Crippen molar-refractivity contribution < 1.29 is 9.53 Å². The number of isocyanates is 1. The standard InChI is InChI=1S/C10H13N3O2/c11-6-13-8-15-10-3-1-2-9(4-10)5-12-7-14/h8-10H,1-5H2/t9-,10+/m1/s1. The van der Waals surface area contributed by atoms with E-state index in [4.69, 9.17) is 10.00 Å². The fourth-order valence-corrected chi connectivity index (χ4v) is 1.84. The zero-order chi connectivity index (χ0) is 10.9. The minimum atomic E-state index is 0.0997. The summed E-state index contributed by atoms with van der Waals surface area (Å²) in [6.45, 7) is 0.527. The summed E-state index contributed by atoms with van der Waals surface area (Å²) in [5, 5.41) is 8.18. The summed E-state index contributed by atoms with van der Waals surface area (Å²) in [6, 6.07) is 0.